The van der Waals surface area contributed by atoms with E-state index in [-0.39, 0.29) is 17.7 Å². The molecule has 1 atom stereocenters. The molecule has 1 aliphatic carbocycles. The van der Waals surface area contributed by atoms with Gasteiger partial charge in [-0.25, -0.2) is 0 Å². The molecule has 130 valence electrons. The van der Waals surface area contributed by atoms with Crippen molar-refractivity contribution in [2.45, 2.75) is 50.4 Å². The van der Waals surface area contributed by atoms with Crippen molar-refractivity contribution < 1.29 is 14.3 Å². The number of fused-ring (bicyclic) bond motifs is 1. The summed E-state index contributed by atoms with van der Waals surface area (Å²) in [6.07, 6.45) is 3.61. The van der Waals surface area contributed by atoms with E-state index in [4.69, 9.17) is 9.47 Å². The van der Waals surface area contributed by atoms with Gasteiger partial charge in [-0.2, -0.15) is 0 Å². The molecule has 1 saturated carbocycles. The number of nitrogens with zero attached hydrogens (tertiary/aromatic N) is 1. The Kier molecular flexibility index (Phi) is 4.22. The SMILES string of the molecule is CC1CN(CC(=O)NC2CCC3(CC2)OCCO3)c2ccccc21. The summed E-state index contributed by atoms with van der Waals surface area (Å²) in [5.74, 6) is 0.248. The van der Waals surface area contributed by atoms with Gasteiger partial charge in [0.15, 0.2) is 5.79 Å². The molecule has 2 fully saturated rings. The first kappa shape index (κ1) is 15.9. The van der Waals surface area contributed by atoms with E-state index < -0.39 is 0 Å². The second-order valence-electron chi connectivity index (χ2n) is 7.29. The Labute approximate surface area is 143 Å². The fourth-order valence-corrected chi connectivity index (χ4v) is 4.30. The minimum absolute atomic E-state index is 0.119. The number of carbonyl (C=O) groups excluding carboxylic acids is 1. The molecule has 2 aliphatic heterocycles. The highest BCUT2D eigenvalue weighted by atomic mass is 16.7. The summed E-state index contributed by atoms with van der Waals surface area (Å²) in [4.78, 5) is 14.7. The summed E-state index contributed by atoms with van der Waals surface area (Å²) in [5, 5.41) is 3.21. The number of hydrogen-bond donors (Lipinski definition) is 1. The van der Waals surface area contributed by atoms with Crippen molar-refractivity contribution >= 4 is 11.6 Å². The molecule has 3 aliphatic rings. The van der Waals surface area contributed by atoms with E-state index in [2.05, 4.69) is 35.3 Å². The second-order valence-corrected chi connectivity index (χ2v) is 7.29. The largest absolute Gasteiger partial charge is 0.361 e. The van der Waals surface area contributed by atoms with Gasteiger partial charge < -0.3 is 19.7 Å². The lowest BCUT2D eigenvalue weighted by atomic mass is 9.90. The average molecular weight is 330 g/mol. The average Bonchev–Trinajstić information content (AvgIpc) is 3.16. The van der Waals surface area contributed by atoms with Crippen molar-refractivity contribution in [1.29, 1.82) is 0 Å². The van der Waals surface area contributed by atoms with Crippen LogP contribution in [0.2, 0.25) is 0 Å². The number of anilines is 1. The number of nitrogens with one attached hydrogen (secondary N) is 1. The maximum Gasteiger partial charge on any atom is 0.239 e. The van der Waals surface area contributed by atoms with Crippen LogP contribution in [-0.4, -0.2) is 44.0 Å². The van der Waals surface area contributed by atoms with Crippen molar-refractivity contribution in [1.82, 2.24) is 5.32 Å². The maximum absolute atomic E-state index is 12.5. The molecular weight excluding hydrogens is 304 g/mol. The monoisotopic (exact) mass is 330 g/mol. The van der Waals surface area contributed by atoms with Gasteiger partial charge in [0.2, 0.25) is 5.91 Å². The number of hydrogen-bond acceptors (Lipinski definition) is 4. The summed E-state index contributed by atoms with van der Waals surface area (Å²) < 4.78 is 11.5. The zero-order valence-corrected chi connectivity index (χ0v) is 14.3. The highest BCUT2D eigenvalue weighted by Gasteiger charge is 2.40. The van der Waals surface area contributed by atoms with Crippen LogP contribution in [0.25, 0.3) is 0 Å². The molecule has 1 saturated heterocycles. The molecule has 1 spiro atoms. The van der Waals surface area contributed by atoms with Crippen molar-refractivity contribution in [2.24, 2.45) is 0 Å². The van der Waals surface area contributed by atoms with Gasteiger partial charge in [-0.15, -0.1) is 0 Å². The maximum atomic E-state index is 12.5. The van der Waals surface area contributed by atoms with E-state index in [1.807, 2.05) is 6.07 Å². The highest BCUT2D eigenvalue weighted by molar-refractivity contribution is 5.82. The van der Waals surface area contributed by atoms with Crippen LogP contribution < -0.4 is 10.2 Å². The highest BCUT2D eigenvalue weighted by Crippen LogP contribution is 2.36. The Bertz CT molecular complexity index is 602. The van der Waals surface area contributed by atoms with Gasteiger partial charge in [0, 0.05) is 37.0 Å². The molecular formula is C19H26N2O3. The third-order valence-electron chi connectivity index (χ3n) is 5.56. The van der Waals surface area contributed by atoms with Crippen LogP contribution in [0, 0.1) is 0 Å². The predicted molar refractivity (Wildman–Crippen MR) is 92.1 cm³/mol. The Morgan fingerprint density at radius 3 is 2.71 bits per heavy atom. The zero-order valence-electron chi connectivity index (χ0n) is 14.3. The molecule has 1 aromatic carbocycles. The van der Waals surface area contributed by atoms with Crippen molar-refractivity contribution in [2.75, 3.05) is 31.2 Å². The Hall–Kier alpha value is -1.59. The van der Waals surface area contributed by atoms with Crippen LogP contribution in [0.3, 0.4) is 0 Å². The molecule has 2 heterocycles. The van der Waals surface area contributed by atoms with Crippen LogP contribution in [-0.2, 0) is 14.3 Å². The standard InChI is InChI=1S/C19H26N2O3/c1-14-12-21(17-5-3-2-4-16(14)17)13-18(22)20-15-6-8-19(9-7-15)23-10-11-24-19/h2-5,14-15H,6-13H2,1H3,(H,20,22). The lowest BCUT2D eigenvalue weighted by Gasteiger charge is -2.35. The van der Waals surface area contributed by atoms with Gasteiger partial charge in [0.1, 0.15) is 0 Å². The molecule has 5 heteroatoms. The van der Waals surface area contributed by atoms with Crippen LogP contribution in [0.4, 0.5) is 5.69 Å². The number of para-hydroxylation sites is 1. The molecule has 24 heavy (non-hydrogen) atoms. The first-order valence-electron chi connectivity index (χ1n) is 9.06. The van der Waals surface area contributed by atoms with E-state index in [0.717, 1.165) is 32.2 Å². The number of rotatable bonds is 3. The lowest BCUT2D eigenvalue weighted by molar-refractivity contribution is -0.180. The molecule has 1 N–H and O–H groups in total. The van der Waals surface area contributed by atoms with Gasteiger partial charge in [0.25, 0.3) is 0 Å². The van der Waals surface area contributed by atoms with E-state index in [0.29, 0.717) is 25.7 Å². The Morgan fingerprint density at radius 2 is 1.96 bits per heavy atom. The van der Waals surface area contributed by atoms with Crippen LogP contribution in [0.1, 0.15) is 44.1 Å². The molecule has 1 unspecified atom stereocenters. The molecule has 1 aromatic rings. The first-order chi connectivity index (χ1) is 11.7. The minimum atomic E-state index is -0.357. The van der Waals surface area contributed by atoms with Crippen molar-refractivity contribution in [3.63, 3.8) is 0 Å². The van der Waals surface area contributed by atoms with E-state index in [1.54, 1.807) is 0 Å². The van der Waals surface area contributed by atoms with Gasteiger partial charge in [0.05, 0.1) is 19.8 Å². The first-order valence-corrected chi connectivity index (χ1v) is 9.06. The summed E-state index contributed by atoms with van der Waals surface area (Å²) in [7, 11) is 0. The fourth-order valence-electron chi connectivity index (χ4n) is 4.30. The Balaban J connectivity index is 1.30. The number of amides is 1. The number of carbonyl (C=O) groups is 1. The molecule has 0 bridgehead atoms. The number of ether oxygens (including phenoxy) is 2. The van der Waals surface area contributed by atoms with Crippen molar-refractivity contribution in [3.8, 4) is 0 Å². The lowest BCUT2D eigenvalue weighted by Crippen LogP contribution is -2.46. The third kappa shape index (κ3) is 3.03. The van der Waals surface area contributed by atoms with Crippen molar-refractivity contribution in [3.05, 3.63) is 29.8 Å². The van der Waals surface area contributed by atoms with Gasteiger partial charge in [-0.3, -0.25) is 4.79 Å². The fraction of sp³-hybridized carbons (Fsp3) is 0.632. The van der Waals surface area contributed by atoms with Gasteiger partial charge in [-0.05, 0) is 24.5 Å². The van der Waals surface area contributed by atoms with Crippen LogP contribution in [0.5, 0.6) is 0 Å². The smallest absolute Gasteiger partial charge is 0.239 e. The molecule has 5 nitrogen and oxygen atoms in total. The van der Waals surface area contributed by atoms with E-state index in [1.165, 1.54) is 11.3 Å². The number of benzene rings is 1. The summed E-state index contributed by atoms with van der Waals surface area (Å²) >= 11 is 0. The third-order valence-corrected chi connectivity index (χ3v) is 5.56. The normalized spacial score (nSPS) is 25.9. The van der Waals surface area contributed by atoms with E-state index in [9.17, 15) is 4.79 Å². The summed E-state index contributed by atoms with van der Waals surface area (Å²) in [5.41, 5.74) is 2.55. The van der Waals surface area contributed by atoms with E-state index >= 15 is 0 Å². The summed E-state index contributed by atoms with van der Waals surface area (Å²) in [6, 6.07) is 8.64. The van der Waals surface area contributed by atoms with Crippen LogP contribution >= 0.6 is 0 Å². The van der Waals surface area contributed by atoms with Gasteiger partial charge >= 0.3 is 0 Å². The van der Waals surface area contributed by atoms with Gasteiger partial charge in [-0.1, -0.05) is 25.1 Å². The summed E-state index contributed by atoms with van der Waals surface area (Å²) in [6.45, 7) is 4.98. The van der Waals surface area contributed by atoms with Crippen LogP contribution in [0.15, 0.2) is 24.3 Å². The molecule has 1 amide bonds. The Morgan fingerprint density at radius 1 is 1.25 bits per heavy atom. The topological polar surface area (TPSA) is 50.8 Å². The zero-order chi connectivity index (χ0) is 16.6. The molecule has 4 rings (SSSR count). The quantitative estimate of drug-likeness (QED) is 0.925. The molecule has 0 aromatic heterocycles. The molecule has 0 radical (unpaired) electrons. The minimum Gasteiger partial charge on any atom is -0.361 e. The second kappa shape index (κ2) is 6.37. The predicted octanol–water partition coefficient (Wildman–Crippen LogP) is 2.41.